The topological polar surface area (TPSA) is 122 Å². The second-order valence-corrected chi connectivity index (χ2v) is 11.7. The number of aromatic nitrogens is 2. The Labute approximate surface area is 189 Å². The van der Waals surface area contributed by atoms with Gasteiger partial charge in [0.05, 0.1) is 16.3 Å². The minimum Gasteiger partial charge on any atom is -0.326 e. The molecule has 10 nitrogen and oxygen atoms in total. The average molecular weight is 484 g/mol. The second-order valence-electron chi connectivity index (χ2n) is 7.95. The third-order valence-electron chi connectivity index (χ3n) is 5.57. The van der Waals surface area contributed by atoms with Gasteiger partial charge in [0.2, 0.25) is 26.0 Å². The van der Waals surface area contributed by atoms with Crippen molar-refractivity contribution in [1.29, 1.82) is 0 Å². The molecule has 1 aromatic heterocycles. The molecule has 1 aliphatic rings. The van der Waals surface area contributed by atoms with Gasteiger partial charge in [-0.3, -0.25) is 9.48 Å². The molecule has 2 aromatic rings. The van der Waals surface area contributed by atoms with Crippen molar-refractivity contribution in [2.45, 2.75) is 43.9 Å². The maximum atomic E-state index is 13.3. The van der Waals surface area contributed by atoms with Crippen LogP contribution in [0.2, 0.25) is 0 Å². The Morgan fingerprint density at radius 1 is 0.969 bits per heavy atom. The standard InChI is InChI=1S/C20H29N5O5S2/c1-14-13-18(21-17(4)26)7-8-19(14)31(27,28)24-9-6-10-25(12-11-24)32(29,30)20-15(2)22-23(5)16(20)3/h7-8,13H,6,9-12H2,1-5H3,(H,21,26). The molecule has 1 aliphatic heterocycles. The molecule has 1 aromatic carbocycles. The van der Waals surface area contributed by atoms with Crippen molar-refractivity contribution in [3.05, 3.63) is 35.2 Å². The fourth-order valence-electron chi connectivity index (χ4n) is 3.97. The predicted octanol–water partition coefficient (Wildman–Crippen LogP) is 1.39. The predicted molar refractivity (Wildman–Crippen MR) is 120 cm³/mol. The van der Waals surface area contributed by atoms with E-state index >= 15 is 0 Å². The highest BCUT2D eigenvalue weighted by atomic mass is 32.2. The number of benzene rings is 1. The molecule has 0 atom stereocenters. The summed E-state index contributed by atoms with van der Waals surface area (Å²) in [7, 11) is -5.93. The van der Waals surface area contributed by atoms with Gasteiger partial charge in [-0.25, -0.2) is 16.8 Å². The minimum atomic E-state index is -3.82. The molecule has 176 valence electrons. The second kappa shape index (κ2) is 8.93. The number of hydrogen-bond acceptors (Lipinski definition) is 6. The van der Waals surface area contributed by atoms with Crippen LogP contribution in [0.25, 0.3) is 0 Å². The molecule has 1 saturated heterocycles. The van der Waals surface area contributed by atoms with Gasteiger partial charge in [-0.1, -0.05) is 0 Å². The molecule has 0 bridgehead atoms. The van der Waals surface area contributed by atoms with Crippen LogP contribution in [0.15, 0.2) is 28.0 Å². The van der Waals surface area contributed by atoms with Gasteiger partial charge in [0.1, 0.15) is 4.90 Å². The first-order valence-corrected chi connectivity index (χ1v) is 13.1. The van der Waals surface area contributed by atoms with Crippen molar-refractivity contribution in [2.24, 2.45) is 7.05 Å². The first-order chi connectivity index (χ1) is 14.9. The summed E-state index contributed by atoms with van der Waals surface area (Å²) in [5.74, 6) is -0.243. The number of carbonyl (C=O) groups excluding carboxylic acids is 1. The SMILES string of the molecule is CC(=O)Nc1ccc(S(=O)(=O)N2CCCN(S(=O)(=O)c3c(C)nn(C)c3C)CC2)c(C)c1. The first kappa shape index (κ1) is 24.4. The maximum absolute atomic E-state index is 13.3. The summed E-state index contributed by atoms with van der Waals surface area (Å²) < 4.78 is 57.3. The molecule has 1 fully saturated rings. The van der Waals surface area contributed by atoms with Crippen LogP contribution in [0.3, 0.4) is 0 Å². The highest BCUT2D eigenvalue weighted by Crippen LogP contribution is 2.27. The molecular formula is C20H29N5O5S2. The van der Waals surface area contributed by atoms with Crippen LogP contribution in [-0.2, 0) is 31.9 Å². The summed E-state index contributed by atoms with van der Waals surface area (Å²) in [6, 6.07) is 4.62. The number of nitrogens with one attached hydrogen (secondary N) is 1. The lowest BCUT2D eigenvalue weighted by atomic mass is 10.2. The first-order valence-electron chi connectivity index (χ1n) is 10.2. The van der Waals surface area contributed by atoms with Crippen molar-refractivity contribution < 1.29 is 21.6 Å². The molecule has 1 amide bonds. The van der Waals surface area contributed by atoms with Crippen molar-refractivity contribution in [3.63, 3.8) is 0 Å². The van der Waals surface area contributed by atoms with Crippen LogP contribution in [0.1, 0.15) is 30.3 Å². The Kier molecular flexibility index (Phi) is 6.80. The summed E-state index contributed by atoms with van der Waals surface area (Å²) in [6.45, 7) is 6.95. The van der Waals surface area contributed by atoms with E-state index in [-0.39, 0.29) is 41.9 Å². The smallest absolute Gasteiger partial charge is 0.246 e. The van der Waals surface area contributed by atoms with Gasteiger partial charge < -0.3 is 5.32 Å². The fraction of sp³-hybridized carbons (Fsp3) is 0.500. The highest BCUT2D eigenvalue weighted by molar-refractivity contribution is 7.89. The van der Waals surface area contributed by atoms with Crippen LogP contribution < -0.4 is 5.32 Å². The van der Waals surface area contributed by atoms with Crippen LogP contribution >= 0.6 is 0 Å². The summed E-state index contributed by atoms with van der Waals surface area (Å²) in [6.07, 6.45) is 0.375. The lowest BCUT2D eigenvalue weighted by Gasteiger charge is -2.22. The number of aryl methyl sites for hydroxylation is 3. The average Bonchev–Trinajstić information content (AvgIpc) is 2.86. The molecule has 0 unspecified atom stereocenters. The molecule has 12 heteroatoms. The molecule has 0 radical (unpaired) electrons. The molecular weight excluding hydrogens is 454 g/mol. The zero-order valence-electron chi connectivity index (χ0n) is 18.9. The lowest BCUT2D eigenvalue weighted by Crippen LogP contribution is -2.37. The monoisotopic (exact) mass is 483 g/mol. The van der Waals surface area contributed by atoms with Gasteiger partial charge >= 0.3 is 0 Å². The number of carbonyl (C=O) groups is 1. The number of nitrogens with zero attached hydrogens (tertiary/aromatic N) is 4. The van der Waals surface area contributed by atoms with Crippen molar-refractivity contribution in [2.75, 3.05) is 31.5 Å². The third-order valence-corrected chi connectivity index (χ3v) is 9.78. The maximum Gasteiger partial charge on any atom is 0.246 e. The van der Waals surface area contributed by atoms with Crippen LogP contribution in [-0.4, -0.2) is 67.3 Å². The summed E-state index contributed by atoms with van der Waals surface area (Å²) >= 11 is 0. The molecule has 0 aliphatic carbocycles. The summed E-state index contributed by atoms with van der Waals surface area (Å²) in [5.41, 5.74) is 2.00. The summed E-state index contributed by atoms with van der Waals surface area (Å²) in [4.78, 5) is 11.6. The van der Waals surface area contributed by atoms with E-state index in [1.807, 2.05) is 0 Å². The van der Waals surface area contributed by atoms with Gasteiger partial charge in [0.15, 0.2) is 0 Å². The number of anilines is 1. The van der Waals surface area contributed by atoms with Gasteiger partial charge in [0, 0.05) is 45.8 Å². The zero-order valence-corrected chi connectivity index (χ0v) is 20.5. The van der Waals surface area contributed by atoms with Crippen LogP contribution in [0, 0.1) is 20.8 Å². The normalized spacial score (nSPS) is 16.7. The van der Waals surface area contributed by atoms with Crippen molar-refractivity contribution >= 4 is 31.6 Å². The van der Waals surface area contributed by atoms with E-state index in [4.69, 9.17) is 0 Å². The Bertz CT molecular complexity index is 1250. The van der Waals surface area contributed by atoms with E-state index in [0.717, 1.165) is 0 Å². The fourth-order valence-corrected chi connectivity index (χ4v) is 7.51. The van der Waals surface area contributed by atoms with Crippen LogP contribution in [0.5, 0.6) is 0 Å². The van der Waals surface area contributed by atoms with Gasteiger partial charge in [-0.05, 0) is 51.0 Å². The van der Waals surface area contributed by atoms with E-state index in [1.165, 1.54) is 26.3 Å². The Morgan fingerprint density at radius 2 is 1.56 bits per heavy atom. The number of rotatable bonds is 5. The number of hydrogen-bond donors (Lipinski definition) is 1. The van der Waals surface area contributed by atoms with Gasteiger partial charge in [0.25, 0.3) is 0 Å². The van der Waals surface area contributed by atoms with E-state index < -0.39 is 20.0 Å². The lowest BCUT2D eigenvalue weighted by molar-refractivity contribution is -0.114. The molecule has 1 N–H and O–H groups in total. The number of amides is 1. The molecule has 2 heterocycles. The Balaban J connectivity index is 1.84. The summed E-state index contributed by atoms with van der Waals surface area (Å²) in [5, 5.41) is 6.84. The van der Waals surface area contributed by atoms with E-state index in [9.17, 15) is 21.6 Å². The number of sulfonamides is 2. The molecule has 3 rings (SSSR count). The minimum absolute atomic E-state index is 0.0484. The molecule has 0 saturated carbocycles. The van der Waals surface area contributed by atoms with Gasteiger partial charge in [-0.2, -0.15) is 13.7 Å². The van der Waals surface area contributed by atoms with E-state index in [0.29, 0.717) is 29.1 Å². The Morgan fingerprint density at radius 3 is 2.06 bits per heavy atom. The van der Waals surface area contributed by atoms with E-state index in [2.05, 4.69) is 10.4 Å². The largest absolute Gasteiger partial charge is 0.326 e. The zero-order chi connectivity index (χ0) is 23.8. The van der Waals surface area contributed by atoms with Crippen molar-refractivity contribution in [1.82, 2.24) is 18.4 Å². The Hall–Kier alpha value is -2.28. The van der Waals surface area contributed by atoms with Crippen molar-refractivity contribution in [3.8, 4) is 0 Å². The van der Waals surface area contributed by atoms with Gasteiger partial charge in [-0.15, -0.1) is 0 Å². The van der Waals surface area contributed by atoms with E-state index in [1.54, 1.807) is 40.0 Å². The van der Waals surface area contributed by atoms with Crippen LogP contribution in [0.4, 0.5) is 5.69 Å². The molecule has 32 heavy (non-hydrogen) atoms. The third kappa shape index (κ3) is 4.58. The quantitative estimate of drug-likeness (QED) is 0.686. The molecule has 0 spiro atoms. The highest BCUT2D eigenvalue weighted by Gasteiger charge is 2.34.